The first-order chi connectivity index (χ1) is 10.3. The Balaban J connectivity index is 2.16. The first-order valence-corrected chi connectivity index (χ1v) is 6.64. The second-order valence-corrected chi connectivity index (χ2v) is 5.08. The summed E-state index contributed by atoms with van der Waals surface area (Å²) < 4.78 is 2.11. The summed E-state index contributed by atoms with van der Waals surface area (Å²) in [7, 11) is 2.03. The number of aromatic nitrogens is 6. The minimum atomic E-state index is 0.797. The van der Waals surface area contributed by atoms with Gasteiger partial charge >= 0.3 is 0 Å². The zero-order chi connectivity index (χ0) is 14.0. The lowest BCUT2D eigenvalue weighted by atomic mass is 10.1. The standard InChI is InChI=1S/C15H10N6/c1-21-9-3-2-8-12(20-15-13(8)17-4-5-18-15)11(9)14-10(21)6-16-7-19-14/h2-7H,1H3,(H,18,20). The van der Waals surface area contributed by atoms with Gasteiger partial charge < -0.3 is 9.55 Å². The molecule has 0 atom stereocenters. The van der Waals surface area contributed by atoms with Crippen molar-refractivity contribution in [2.24, 2.45) is 7.05 Å². The van der Waals surface area contributed by atoms with E-state index in [0.717, 1.165) is 44.0 Å². The fourth-order valence-corrected chi connectivity index (χ4v) is 3.07. The van der Waals surface area contributed by atoms with Crippen molar-refractivity contribution in [2.45, 2.75) is 0 Å². The van der Waals surface area contributed by atoms with Crippen LogP contribution in [-0.2, 0) is 7.05 Å². The maximum atomic E-state index is 4.46. The third kappa shape index (κ3) is 1.22. The van der Waals surface area contributed by atoms with Crippen molar-refractivity contribution in [3.05, 3.63) is 37.1 Å². The molecule has 100 valence electrons. The van der Waals surface area contributed by atoms with Gasteiger partial charge in [0.15, 0.2) is 5.65 Å². The van der Waals surface area contributed by atoms with Crippen molar-refractivity contribution in [1.29, 1.82) is 0 Å². The molecule has 4 heterocycles. The maximum absolute atomic E-state index is 4.46. The average molecular weight is 274 g/mol. The van der Waals surface area contributed by atoms with E-state index in [9.17, 15) is 0 Å². The van der Waals surface area contributed by atoms with E-state index in [1.54, 1.807) is 18.7 Å². The van der Waals surface area contributed by atoms with Crippen LogP contribution in [0.25, 0.3) is 44.0 Å². The molecule has 0 bridgehead atoms. The van der Waals surface area contributed by atoms with E-state index in [1.807, 2.05) is 13.2 Å². The number of nitrogens with zero attached hydrogens (tertiary/aromatic N) is 5. The number of aryl methyl sites for hydroxylation is 1. The first-order valence-electron chi connectivity index (χ1n) is 6.64. The van der Waals surface area contributed by atoms with Gasteiger partial charge in [-0.3, -0.25) is 4.98 Å². The summed E-state index contributed by atoms with van der Waals surface area (Å²) in [6, 6.07) is 4.18. The second-order valence-electron chi connectivity index (χ2n) is 5.08. The molecule has 21 heavy (non-hydrogen) atoms. The van der Waals surface area contributed by atoms with Gasteiger partial charge in [0.05, 0.1) is 28.1 Å². The number of H-pyrrole nitrogens is 1. The molecule has 1 N–H and O–H groups in total. The molecule has 0 aliphatic carbocycles. The summed E-state index contributed by atoms with van der Waals surface area (Å²) >= 11 is 0. The lowest BCUT2D eigenvalue weighted by Crippen LogP contribution is -1.87. The number of benzene rings is 1. The molecular weight excluding hydrogens is 264 g/mol. The highest BCUT2D eigenvalue weighted by Crippen LogP contribution is 2.34. The van der Waals surface area contributed by atoms with Gasteiger partial charge in [-0.15, -0.1) is 0 Å². The van der Waals surface area contributed by atoms with Gasteiger partial charge in [0, 0.05) is 24.8 Å². The summed E-state index contributed by atoms with van der Waals surface area (Å²) in [6.07, 6.45) is 6.83. The van der Waals surface area contributed by atoms with E-state index >= 15 is 0 Å². The van der Waals surface area contributed by atoms with Crippen LogP contribution in [0.15, 0.2) is 37.1 Å². The third-order valence-corrected chi connectivity index (χ3v) is 4.03. The predicted octanol–water partition coefficient (Wildman–Crippen LogP) is 2.55. The molecule has 0 radical (unpaired) electrons. The lowest BCUT2D eigenvalue weighted by molar-refractivity contribution is 1.00. The van der Waals surface area contributed by atoms with Gasteiger partial charge in [-0.2, -0.15) is 0 Å². The number of rotatable bonds is 0. The Kier molecular flexibility index (Phi) is 1.81. The van der Waals surface area contributed by atoms with Crippen molar-refractivity contribution in [1.82, 2.24) is 29.5 Å². The molecule has 0 saturated heterocycles. The van der Waals surface area contributed by atoms with Crippen molar-refractivity contribution >= 4 is 44.0 Å². The first kappa shape index (κ1) is 10.7. The zero-order valence-corrected chi connectivity index (χ0v) is 11.2. The highest BCUT2D eigenvalue weighted by molar-refractivity contribution is 6.22. The normalized spacial score (nSPS) is 12.0. The molecule has 0 spiro atoms. The predicted molar refractivity (Wildman–Crippen MR) is 81.0 cm³/mol. The van der Waals surface area contributed by atoms with E-state index in [0.29, 0.717) is 0 Å². The van der Waals surface area contributed by atoms with Crippen molar-refractivity contribution < 1.29 is 0 Å². The van der Waals surface area contributed by atoms with Gasteiger partial charge in [-0.1, -0.05) is 0 Å². The van der Waals surface area contributed by atoms with Gasteiger partial charge in [0.2, 0.25) is 0 Å². The SMILES string of the molecule is Cn1c2cncnc2c2c3[nH]c4nccnc4c3ccc21. The minimum Gasteiger partial charge on any atom is -0.341 e. The van der Waals surface area contributed by atoms with Crippen LogP contribution in [0.1, 0.15) is 0 Å². The molecule has 4 aromatic heterocycles. The molecule has 0 aliphatic heterocycles. The van der Waals surface area contributed by atoms with Crippen LogP contribution in [0.4, 0.5) is 0 Å². The fourth-order valence-electron chi connectivity index (χ4n) is 3.07. The Hall–Kier alpha value is -3.02. The molecule has 6 nitrogen and oxygen atoms in total. The Labute approximate surface area is 118 Å². The highest BCUT2D eigenvalue weighted by Gasteiger charge is 2.15. The summed E-state index contributed by atoms with van der Waals surface area (Å²) in [5.41, 5.74) is 5.79. The largest absolute Gasteiger partial charge is 0.341 e. The van der Waals surface area contributed by atoms with Crippen LogP contribution in [-0.4, -0.2) is 29.5 Å². The minimum absolute atomic E-state index is 0.797. The smallest absolute Gasteiger partial charge is 0.157 e. The summed E-state index contributed by atoms with van der Waals surface area (Å²) in [4.78, 5) is 20.7. The van der Waals surface area contributed by atoms with Crippen LogP contribution in [0, 0.1) is 0 Å². The monoisotopic (exact) mass is 274 g/mol. The molecule has 0 saturated carbocycles. The topological polar surface area (TPSA) is 72.3 Å². The summed E-state index contributed by atoms with van der Waals surface area (Å²) in [5, 5.41) is 2.16. The third-order valence-electron chi connectivity index (χ3n) is 4.03. The molecular formula is C15H10N6. The number of fused-ring (bicyclic) bond motifs is 7. The molecule has 5 aromatic rings. The van der Waals surface area contributed by atoms with E-state index in [1.165, 1.54) is 0 Å². The molecule has 1 aromatic carbocycles. The summed E-state index contributed by atoms with van der Waals surface area (Å²) in [5.74, 6) is 0. The Morgan fingerprint density at radius 3 is 2.86 bits per heavy atom. The average Bonchev–Trinajstić information content (AvgIpc) is 3.04. The van der Waals surface area contributed by atoms with Crippen LogP contribution >= 0.6 is 0 Å². The summed E-state index contributed by atoms with van der Waals surface area (Å²) in [6.45, 7) is 0. The number of nitrogens with one attached hydrogen (secondary N) is 1. The van der Waals surface area contributed by atoms with Gasteiger partial charge in [0.25, 0.3) is 0 Å². The Morgan fingerprint density at radius 2 is 1.90 bits per heavy atom. The van der Waals surface area contributed by atoms with Gasteiger partial charge in [0.1, 0.15) is 17.4 Å². The molecule has 0 unspecified atom stereocenters. The lowest BCUT2D eigenvalue weighted by Gasteiger charge is -1.97. The van der Waals surface area contributed by atoms with Crippen molar-refractivity contribution in [3.63, 3.8) is 0 Å². The Bertz CT molecular complexity index is 1150. The maximum Gasteiger partial charge on any atom is 0.157 e. The van der Waals surface area contributed by atoms with E-state index in [2.05, 4.69) is 41.6 Å². The van der Waals surface area contributed by atoms with Crippen LogP contribution in [0.2, 0.25) is 0 Å². The van der Waals surface area contributed by atoms with Crippen LogP contribution < -0.4 is 0 Å². The number of hydrogen-bond acceptors (Lipinski definition) is 4. The van der Waals surface area contributed by atoms with Crippen LogP contribution in [0.5, 0.6) is 0 Å². The molecule has 0 aliphatic rings. The molecule has 0 amide bonds. The van der Waals surface area contributed by atoms with E-state index < -0.39 is 0 Å². The van der Waals surface area contributed by atoms with Crippen molar-refractivity contribution in [2.75, 3.05) is 0 Å². The molecule has 5 rings (SSSR count). The Morgan fingerprint density at radius 1 is 1.00 bits per heavy atom. The van der Waals surface area contributed by atoms with Crippen molar-refractivity contribution in [3.8, 4) is 0 Å². The quantitative estimate of drug-likeness (QED) is 0.471. The van der Waals surface area contributed by atoms with Gasteiger partial charge in [-0.25, -0.2) is 15.0 Å². The molecule has 0 fully saturated rings. The number of hydrogen-bond donors (Lipinski definition) is 1. The van der Waals surface area contributed by atoms with E-state index in [4.69, 9.17) is 0 Å². The fraction of sp³-hybridized carbons (Fsp3) is 0.0667. The molecule has 6 heteroatoms. The number of aromatic amines is 1. The van der Waals surface area contributed by atoms with Crippen LogP contribution in [0.3, 0.4) is 0 Å². The highest BCUT2D eigenvalue weighted by atomic mass is 15.0. The van der Waals surface area contributed by atoms with E-state index in [-0.39, 0.29) is 0 Å². The zero-order valence-electron chi connectivity index (χ0n) is 11.2. The second kappa shape index (κ2) is 3.54. The van der Waals surface area contributed by atoms with Gasteiger partial charge in [-0.05, 0) is 12.1 Å².